The Kier molecular flexibility index (Phi) is 5.37. The summed E-state index contributed by atoms with van der Waals surface area (Å²) in [5.41, 5.74) is 7.10. The molecule has 3 aromatic heterocycles. The third kappa shape index (κ3) is 3.92. The fraction of sp³-hybridized carbons (Fsp3) is 0. The van der Waals surface area contributed by atoms with Crippen molar-refractivity contribution in [3.8, 4) is 11.1 Å². The van der Waals surface area contributed by atoms with E-state index in [0.717, 1.165) is 44.2 Å². The molecule has 0 aliphatic heterocycles. The number of fused-ring (bicyclic) bond motifs is 8. The van der Waals surface area contributed by atoms with Crippen LogP contribution in [0.5, 0.6) is 0 Å². The van der Waals surface area contributed by atoms with Crippen molar-refractivity contribution in [2.45, 2.75) is 0 Å². The second kappa shape index (κ2) is 9.55. The fourth-order valence-electron chi connectivity index (χ4n) is 6.26. The molecule has 43 heavy (non-hydrogen) atoms. The summed E-state index contributed by atoms with van der Waals surface area (Å²) in [6.45, 7) is 0. The minimum Gasteiger partial charge on any atom is -0.438 e. The van der Waals surface area contributed by atoms with Gasteiger partial charge in [-0.1, -0.05) is 91.0 Å². The van der Waals surface area contributed by atoms with Crippen molar-refractivity contribution in [2.24, 2.45) is 0 Å². The second-order valence-corrected chi connectivity index (χ2v) is 11.9. The van der Waals surface area contributed by atoms with Crippen LogP contribution < -0.4 is 4.90 Å². The van der Waals surface area contributed by atoms with Gasteiger partial charge in [-0.3, -0.25) is 0 Å². The minimum atomic E-state index is 0.663. The van der Waals surface area contributed by atoms with Gasteiger partial charge in [0, 0.05) is 60.3 Å². The summed E-state index contributed by atoms with van der Waals surface area (Å²) in [6.07, 6.45) is 1.89. The van der Waals surface area contributed by atoms with Gasteiger partial charge in [0.25, 0.3) is 0 Å². The molecule has 3 heterocycles. The average molecular weight is 569 g/mol. The SMILES string of the molecule is c1ccc(-c2ccc(N(c3ccc4c(c3)oc3ncc5ccccc5c34)c3ccc4c(c3)sc3ccccc34)cc2)cc1. The standard InChI is InChI=1S/C39H24N2OS/c1-2-8-25(9-3-1)26-14-16-28(17-15-26)41(30-18-20-33-32-12-6-7-13-36(32)43-37(33)23-30)29-19-21-34-35(22-29)42-39-38(34)31-11-5-4-10-27(31)24-40-39/h1-24H. The lowest BCUT2D eigenvalue weighted by Gasteiger charge is -2.26. The number of benzene rings is 6. The number of anilines is 3. The van der Waals surface area contributed by atoms with Crippen LogP contribution in [0.25, 0.3) is 64.1 Å². The van der Waals surface area contributed by atoms with Gasteiger partial charge in [-0.15, -0.1) is 11.3 Å². The summed E-state index contributed by atoms with van der Waals surface area (Å²) < 4.78 is 8.95. The van der Waals surface area contributed by atoms with Crippen LogP contribution in [0.15, 0.2) is 150 Å². The molecule has 9 aromatic rings. The van der Waals surface area contributed by atoms with E-state index in [0.29, 0.717) is 5.71 Å². The van der Waals surface area contributed by atoms with Gasteiger partial charge in [0.1, 0.15) is 5.58 Å². The van der Waals surface area contributed by atoms with E-state index in [1.54, 1.807) is 0 Å². The zero-order valence-electron chi connectivity index (χ0n) is 23.1. The van der Waals surface area contributed by atoms with Crippen molar-refractivity contribution in [1.29, 1.82) is 0 Å². The van der Waals surface area contributed by atoms with Crippen molar-refractivity contribution in [3.05, 3.63) is 146 Å². The third-order valence-electron chi connectivity index (χ3n) is 8.32. The molecule has 0 saturated heterocycles. The van der Waals surface area contributed by atoms with Gasteiger partial charge >= 0.3 is 0 Å². The van der Waals surface area contributed by atoms with Crippen LogP contribution in [0.1, 0.15) is 0 Å². The lowest BCUT2D eigenvalue weighted by atomic mass is 10.0. The summed E-state index contributed by atoms with van der Waals surface area (Å²) in [5, 5.41) is 6.99. The van der Waals surface area contributed by atoms with Crippen molar-refractivity contribution in [1.82, 2.24) is 4.98 Å². The maximum atomic E-state index is 6.37. The zero-order chi connectivity index (χ0) is 28.3. The minimum absolute atomic E-state index is 0.663. The number of nitrogens with zero attached hydrogens (tertiary/aromatic N) is 2. The van der Waals surface area contributed by atoms with Crippen molar-refractivity contribution in [2.75, 3.05) is 4.90 Å². The molecule has 0 saturated carbocycles. The lowest BCUT2D eigenvalue weighted by Crippen LogP contribution is -2.09. The highest BCUT2D eigenvalue weighted by atomic mass is 32.1. The largest absolute Gasteiger partial charge is 0.438 e. The number of aromatic nitrogens is 1. The first kappa shape index (κ1) is 24.2. The molecule has 0 N–H and O–H groups in total. The topological polar surface area (TPSA) is 29.3 Å². The van der Waals surface area contributed by atoms with E-state index in [2.05, 4.69) is 143 Å². The van der Waals surface area contributed by atoms with Crippen LogP contribution >= 0.6 is 11.3 Å². The second-order valence-electron chi connectivity index (χ2n) is 10.8. The molecular weight excluding hydrogens is 545 g/mol. The van der Waals surface area contributed by atoms with Gasteiger partial charge in [-0.05, 0) is 59.0 Å². The van der Waals surface area contributed by atoms with E-state index in [-0.39, 0.29) is 0 Å². The Bertz CT molecular complexity index is 2460. The number of pyridine rings is 1. The van der Waals surface area contributed by atoms with E-state index in [9.17, 15) is 0 Å². The van der Waals surface area contributed by atoms with E-state index >= 15 is 0 Å². The molecular formula is C39H24N2OS. The smallest absolute Gasteiger partial charge is 0.227 e. The van der Waals surface area contributed by atoms with E-state index in [4.69, 9.17) is 4.42 Å². The first-order chi connectivity index (χ1) is 21.3. The van der Waals surface area contributed by atoms with E-state index in [1.165, 1.54) is 31.3 Å². The maximum absolute atomic E-state index is 6.37. The molecule has 0 atom stereocenters. The molecule has 0 radical (unpaired) electrons. The summed E-state index contributed by atoms with van der Waals surface area (Å²) in [7, 11) is 0. The predicted molar refractivity (Wildman–Crippen MR) is 182 cm³/mol. The quantitative estimate of drug-likeness (QED) is 0.211. The Morgan fingerprint density at radius 3 is 2.02 bits per heavy atom. The lowest BCUT2D eigenvalue weighted by molar-refractivity contribution is 0.654. The summed E-state index contributed by atoms with van der Waals surface area (Å²) in [6, 6.07) is 49.6. The predicted octanol–water partition coefficient (Wildman–Crippen LogP) is 11.6. The molecule has 6 aromatic carbocycles. The zero-order valence-corrected chi connectivity index (χ0v) is 23.9. The molecule has 0 fully saturated rings. The Labute approximate surface area is 251 Å². The monoisotopic (exact) mass is 568 g/mol. The molecule has 3 nitrogen and oxygen atoms in total. The Morgan fingerprint density at radius 1 is 0.512 bits per heavy atom. The summed E-state index contributed by atoms with van der Waals surface area (Å²) >= 11 is 1.84. The molecule has 9 rings (SSSR count). The third-order valence-corrected chi connectivity index (χ3v) is 9.45. The van der Waals surface area contributed by atoms with Crippen LogP contribution in [-0.4, -0.2) is 4.98 Å². The Balaban J connectivity index is 1.23. The van der Waals surface area contributed by atoms with Crippen LogP contribution in [0.4, 0.5) is 17.1 Å². The fourth-order valence-corrected chi connectivity index (χ4v) is 7.40. The van der Waals surface area contributed by atoms with Gasteiger partial charge in [0.05, 0.1) is 5.39 Å². The van der Waals surface area contributed by atoms with Gasteiger partial charge in [0.2, 0.25) is 5.71 Å². The van der Waals surface area contributed by atoms with Crippen molar-refractivity contribution < 1.29 is 4.42 Å². The number of hydrogen-bond acceptors (Lipinski definition) is 4. The normalized spacial score (nSPS) is 11.7. The van der Waals surface area contributed by atoms with E-state index < -0.39 is 0 Å². The van der Waals surface area contributed by atoms with Crippen molar-refractivity contribution in [3.63, 3.8) is 0 Å². The first-order valence-electron chi connectivity index (χ1n) is 14.4. The molecule has 0 amide bonds. The molecule has 202 valence electrons. The highest BCUT2D eigenvalue weighted by Gasteiger charge is 2.18. The number of rotatable bonds is 4. The van der Waals surface area contributed by atoms with Gasteiger partial charge in [-0.2, -0.15) is 0 Å². The maximum Gasteiger partial charge on any atom is 0.227 e. The summed E-state index contributed by atoms with van der Waals surface area (Å²) in [4.78, 5) is 6.97. The first-order valence-corrected chi connectivity index (χ1v) is 15.2. The number of thiophene rings is 1. The van der Waals surface area contributed by atoms with Gasteiger partial charge in [0.15, 0.2) is 0 Å². The molecule has 0 aliphatic carbocycles. The van der Waals surface area contributed by atoms with Gasteiger partial charge < -0.3 is 9.32 Å². The highest BCUT2D eigenvalue weighted by molar-refractivity contribution is 7.25. The summed E-state index contributed by atoms with van der Waals surface area (Å²) in [5.74, 6) is 0. The molecule has 0 unspecified atom stereocenters. The average Bonchev–Trinajstić information content (AvgIpc) is 3.63. The van der Waals surface area contributed by atoms with Crippen LogP contribution in [0.3, 0.4) is 0 Å². The number of furan rings is 1. The molecule has 0 spiro atoms. The van der Waals surface area contributed by atoms with Crippen LogP contribution in [0.2, 0.25) is 0 Å². The molecule has 0 bridgehead atoms. The van der Waals surface area contributed by atoms with Crippen LogP contribution in [0, 0.1) is 0 Å². The van der Waals surface area contributed by atoms with Crippen molar-refractivity contribution >= 4 is 81.4 Å². The molecule has 0 aliphatic rings. The Hall–Kier alpha value is -5.45. The number of hydrogen-bond donors (Lipinski definition) is 0. The van der Waals surface area contributed by atoms with Crippen LogP contribution in [-0.2, 0) is 0 Å². The Morgan fingerprint density at radius 2 is 1.16 bits per heavy atom. The van der Waals surface area contributed by atoms with Gasteiger partial charge in [-0.25, -0.2) is 4.98 Å². The van der Waals surface area contributed by atoms with E-state index in [1.807, 2.05) is 23.6 Å². The highest BCUT2D eigenvalue weighted by Crippen LogP contribution is 2.43. The molecule has 4 heteroatoms.